The first-order valence-electron chi connectivity index (χ1n) is 8.63. The van der Waals surface area contributed by atoms with Crippen LogP contribution in [0.2, 0.25) is 0 Å². The van der Waals surface area contributed by atoms with Gasteiger partial charge in [0.1, 0.15) is 12.1 Å². The lowest BCUT2D eigenvalue weighted by atomic mass is 10.0. The summed E-state index contributed by atoms with van der Waals surface area (Å²) in [7, 11) is 3.75. The van der Waals surface area contributed by atoms with E-state index in [2.05, 4.69) is 57.3 Å². The molecule has 25 heavy (non-hydrogen) atoms. The van der Waals surface area contributed by atoms with Gasteiger partial charge in [0.2, 0.25) is 5.88 Å². The Morgan fingerprint density at radius 2 is 2.08 bits per heavy atom. The van der Waals surface area contributed by atoms with Crippen LogP contribution in [0.1, 0.15) is 18.4 Å². The van der Waals surface area contributed by atoms with E-state index in [1.807, 2.05) is 6.07 Å². The van der Waals surface area contributed by atoms with Gasteiger partial charge in [-0.25, -0.2) is 9.97 Å². The molecule has 0 aliphatic carbocycles. The van der Waals surface area contributed by atoms with Crippen molar-refractivity contribution in [2.24, 2.45) is 0 Å². The molecule has 5 nitrogen and oxygen atoms in total. The van der Waals surface area contributed by atoms with Gasteiger partial charge in [-0.05, 0) is 43.3 Å². The van der Waals surface area contributed by atoms with Crippen molar-refractivity contribution >= 4 is 17.6 Å². The van der Waals surface area contributed by atoms with Gasteiger partial charge in [-0.15, -0.1) is 11.8 Å². The van der Waals surface area contributed by atoms with Crippen molar-refractivity contribution in [3.8, 4) is 5.88 Å². The maximum Gasteiger partial charge on any atom is 0.218 e. The normalized spacial score (nSPS) is 18.1. The summed E-state index contributed by atoms with van der Waals surface area (Å²) in [5.74, 6) is 1.53. The van der Waals surface area contributed by atoms with Crippen LogP contribution in [-0.2, 0) is 6.54 Å². The van der Waals surface area contributed by atoms with Gasteiger partial charge in [-0.3, -0.25) is 4.90 Å². The second-order valence-corrected chi connectivity index (χ2v) is 7.29. The fraction of sp³-hybridized carbons (Fsp3) is 0.474. The minimum atomic E-state index is 0.457. The molecule has 3 rings (SSSR count). The number of aromatic nitrogens is 2. The summed E-state index contributed by atoms with van der Waals surface area (Å²) in [6.07, 6.45) is 6.08. The van der Waals surface area contributed by atoms with E-state index < -0.39 is 0 Å². The smallest absolute Gasteiger partial charge is 0.218 e. The van der Waals surface area contributed by atoms with Crippen molar-refractivity contribution in [2.45, 2.75) is 30.3 Å². The Hall–Kier alpha value is -1.79. The van der Waals surface area contributed by atoms with E-state index >= 15 is 0 Å². The molecule has 1 fully saturated rings. The molecule has 2 aromatic rings. The maximum atomic E-state index is 5.22. The predicted octanol–water partition coefficient (Wildman–Crippen LogP) is 3.31. The van der Waals surface area contributed by atoms with Crippen LogP contribution in [0, 0.1) is 0 Å². The van der Waals surface area contributed by atoms with E-state index in [1.165, 1.54) is 23.3 Å². The van der Waals surface area contributed by atoms with Gasteiger partial charge in [0, 0.05) is 37.1 Å². The van der Waals surface area contributed by atoms with Crippen molar-refractivity contribution in [1.29, 1.82) is 0 Å². The van der Waals surface area contributed by atoms with Gasteiger partial charge >= 0.3 is 0 Å². The van der Waals surface area contributed by atoms with E-state index in [1.54, 1.807) is 25.2 Å². The molecule has 0 radical (unpaired) electrons. The molecule has 2 heterocycles. The molecular weight excluding hydrogens is 332 g/mol. The Kier molecular flexibility index (Phi) is 6.15. The number of hydrogen-bond donors (Lipinski definition) is 0. The number of methoxy groups -OCH3 is 1. The van der Waals surface area contributed by atoms with Crippen LogP contribution in [0.15, 0.2) is 41.6 Å². The standard InChI is InChI=1S/C19H26N4OS/c1-22(18-11-19(24-2)21-14-20-18)16-5-4-10-23(13-16)12-15-6-8-17(25-3)9-7-15/h6-9,11,14,16H,4-5,10,12-13H2,1-3H3. The highest BCUT2D eigenvalue weighted by Gasteiger charge is 2.24. The molecule has 1 aliphatic heterocycles. The van der Waals surface area contributed by atoms with Gasteiger partial charge in [-0.2, -0.15) is 0 Å². The minimum Gasteiger partial charge on any atom is -0.481 e. The van der Waals surface area contributed by atoms with E-state index in [0.717, 1.165) is 25.5 Å². The number of nitrogens with zero attached hydrogens (tertiary/aromatic N) is 4. The molecule has 6 heteroatoms. The molecule has 0 N–H and O–H groups in total. The summed E-state index contributed by atoms with van der Waals surface area (Å²) in [5.41, 5.74) is 1.38. The van der Waals surface area contributed by atoms with E-state index in [4.69, 9.17) is 4.74 Å². The van der Waals surface area contributed by atoms with Crippen molar-refractivity contribution in [3.63, 3.8) is 0 Å². The lowest BCUT2D eigenvalue weighted by molar-refractivity contribution is 0.198. The zero-order chi connectivity index (χ0) is 17.6. The Balaban J connectivity index is 1.63. The Morgan fingerprint density at radius 1 is 1.28 bits per heavy atom. The lowest BCUT2D eigenvalue weighted by Crippen LogP contribution is -2.46. The van der Waals surface area contributed by atoms with Crippen LogP contribution < -0.4 is 9.64 Å². The monoisotopic (exact) mass is 358 g/mol. The van der Waals surface area contributed by atoms with Crippen LogP contribution in [0.3, 0.4) is 0 Å². The molecule has 0 saturated carbocycles. The molecule has 1 aromatic carbocycles. The fourth-order valence-electron chi connectivity index (χ4n) is 3.30. The largest absolute Gasteiger partial charge is 0.481 e. The van der Waals surface area contributed by atoms with Crippen LogP contribution in [0.4, 0.5) is 5.82 Å². The van der Waals surface area contributed by atoms with Crippen molar-refractivity contribution in [1.82, 2.24) is 14.9 Å². The van der Waals surface area contributed by atoms with Gasteiger partial charge in [0.25, 0.3) is 0 Å². The van der Waals surface area contributed by atoms with Crippen LogP contribution in [-0.4, -0.2) is 54.4 Å². The molecule has 1 atom stereocenters. The number of thioether (sulfide) groups is 1. The van der Waals surface area contributed by atoms with Crippen LogP contribution >= 0.6 is 11.8 Å². The highest BCUT2D eigenvalue weighted by Crippen LogP contribution is 2.23. The summed E-state index contributed by atoms with van der Waals surface area (Å²) < 4.78 is 5.22. The van der Waals surface area contributed by atoms with Crippen LogP contribution in [0.25, 0.3) is 0 Å². The Labute approximate surface area is 154 Å². The lowest BCUT2D eigenvalue weighted by Gasteiger charge is -2.38. The number of ether oxygens (including phenoxy) is 1. The first kappa shape index (κ1) is 18.0. The van der Waals surface area contributed by atoms with E-state index in [9.17, 15) is 0 Å². The summed E-state index contributed by atoms with van der Waals surface area (Å²) >= 11 is 1.79. The first-order valence-corrected chi connectivity index (χ1v) is 9.86. The number of rotatable bonds is 6. The summed E-state index contributed by atoms with van der Waals surface area (Å²) in [5, 5.41) is 0. The molecule has 0 spiro atoms. The number of piperidine rings is 1. The molecular formula is C19H26N4OS. The summed E-state index contributed by atoms with van der Waals surface area (Å²) in [6.45, 7) is 3.21. The average Bonchev–Trinajstić information content (AvgIpc) is 2.68. The summed E-state index contributed by atoms with van der Waals surface area (Å²) in [4.78, 5) is 14.6. The third kappa shape index (κ3) is 4.64. The highest BCUT2D eigenvalue weighted by molar-refractivity contribution is 7.98. The third-order valence-electron chi connectivity index (χ3n) is 4.79. The zero-order valence-electron chi connectivity index (χ0n) is 15.2. The number of likely N-dealkylation sites (N-methyl/N-ethyl adjacent to an activating group) is 1. The Bertz CT molecular complexity index is 679. The van der Waals surface area contributed by atoms with Gasteiger partial charge in [0.05, 0.1) is 7.11 Å². The van der Waals surface area contributed by atoms with Gasteiger partial charge < -0.3 is 9.64 Å². The van der Waals surface area contributed by atoms with Crippen LogP contribution in [0.5, 0.6) is 5.88 Å². The Morgan fingerprint density at radius 3 is 2.80 bits per heavy atom. The second-order valence-electron chi connectivity index (χ2n) is 6.41. The molecule has 1 saturated heterocycles. The first-order chi connectivity index (χ1) is 12.2. The van der Waals surface area contributed by atoms with E-state index in [0.29, 0.717) is 11.9 Å². The van der Waals surface area contributed by atoms with Crippen molar-refractivity contribution < 1.29 is 4.74 Å². The van der Waals surface area contributed by atoms with Crippen molar-refractivity contribution in [3.05, 3.63) is 42.2 Å². The quantitative estimate of drug-likeness (QED) is 0.738. The summed E-state index contributed by atoms with van der Waals surface area (Å²) in [6, 6.07) is 11.3. The molecule has 0 bridgehead atoms. The van der Waals surface area contributed by atoms with E-state index in [-0.39, 0.29) is 0 Å². The maximum absolute atomic E-state index is 5.22. The number of likely N-dealkylation sites (tertiary alicyclic amines) is 1. The molecule has 0 amide bonds. The van der Waals surface area contributed by atoms with Gasteiger partial charge in [-0.1, -0.05) is 12.1 Å². The van der Waals surface area contributed by atoms with Gasteiger partial charge in [0.15, 0.2) is 0 Å². The molecule has 1 aliphatic rings. The number of benzene rings is 1. The molecule has 1 aromatic heterocycles. The fourth-order valence-corrected chi connectivity index (χ4v) is 3.71. The zero-order valence-corrected chi connectivity index (χ0v) is 16.0. The topological polar surface area (TPSA) is 41.5 Å². The predicted molar refractivity (Wildman–Crippen MR) is 104 cm³/mol. The SMILES string of the molecule is COc1cc(N(C)C2CCCN(Cc3ccc(SC)cc3)C2)ncn1. The number of hydrogen-bond acceptors (Lipinski definition) is 6. The molecule has 1 unspecified atom stereocenters. The third-order valence-corrected chi connectivity index (χ3v) is 5.54. The molecule has 134 valence electrons. The average molecular weight is 359 g/mol. The van der Waals surface area contributed by atoms with Crippen molar-refractivity contribution in [2.75, 3.05) is 38.4 Å². The minimum absolute atomic E-state index is 0.457. The second kappa shape index (κ2) is 8.54. The number of anilines is 1. The highest BCUT2D eigenvalue weighted by atomic mass is 32.2.